The third kappa shape index (κ3) is 3.06. The number of nitrogens with one attached hydrogen (secondary N) is 1. The predicted molar refractivity (Wildman–Crippen MR) is 68.4 cm³/mol. The normalized spacial score (nSPS) is 20.4. The molecule has 0 amide bonds. The van der Waals surface area contributed by atoms with Crippen LogP contribution in [0.15, 0.2) is 6.07 Å². The van der Waals surface area contributed by atoms with E-state index >= 15 is 0 Å². The minimum Gasteiger partial charge on any atom is -0.338 e. The van der Waals surface area contributed by atoms with E-state index in [0.29, 0.717) is 6.04 Å². The lowest BCUT2D eigenvalue weighted by molar-refractivity contribution is 0.479. The second-order valence-corrected chi connectivity index (χ2v) is 4.25. The summed E-state index contributed by atoms with van der Waals surface area (Å²) < 4.78 is 0. The molecule has 2 rings (SSSR count). The fourth-order valence-electron chi connectivity index (χ4n) is 1.96. The number of nitrogens with zero attached hydrogens (tertiary/aromatic N) is 3. The summed E-state index contributed by atoms with van der Waals surface area (Å²) in [5.74, 6) is 0.876. The largest absolute Gasteiger partial charge is 0.338 e. The number of aromatic nitrogens is 2. The number of hydrogen-bond donors (Lipinski definition) is 1. The summed E-state index contributed by atoms with van der Waals surface area (Å²) in [6, 6.07) is 2.53. The van der Waals surface area contributed by atoms with Gasteiger partial charge in [-0.1, -0.05) is 0 Å². The fourth-order valence-corrected chi connectivity index (χ4v) is 1.96. The Bertz CT molecular complexity index is 336. The Kier molecular flexibility index (Phi) is 4.50. The van der Waals surface area contributed by atoms with Crippen molar-refractivity contribution in [3.05, 3.63) is 17.5 Å². The molecule has 1 atom stereocenters. The van der Waals surface area contributed by atoms with Gasteiger partial charge in [0.1, 0.15) is 0 Å². The van der Waals surface area contributed by atoms with Crippen LogP contribution < -0.4 is 10.2 Å². The Morgan fingerprint density at radius 1 is 1.31 bits per heavy atom. The average Bonchev–Trinajstić information content (AvgIpc) is 2.16. The second kappa shape index (κ2) is 5.46. The van der Waals surface area contributed by atoms with Gasteiger partial charge in [-0.2, -0.15) is 0 Å². The number of hydrogen-bond acceptors (Lipinski definition) is 4. The molecule has 2 heterocycles. The standard InChI is InChI=1S/C11H18N4.ClH/c1-8-6-9(2)14-11(13-8)15-5-4-12-10(3)7-15;/h6,10,12H,4-5,7H2,1-3H3;1H. The summed E-state index contributed by atoms with van der Waals surface area (Å²) in [4.78, 5) is 11.2. The van der Waals surface area contributed by atoms with E-state index in [4.69, 9.17) is 0 Å². The third-order valence-corrected chi connectivity index (χ3v) is 2.62. The van der Waals surface area contributed by atoms with E-state index in [2.05, 4.69) is 27.1 Å². The molecule has 1 unspecified atom stereocenters. The Morgan fingerprint density at radius 3 is 2.50 bits per heavy atom. The Labute approximate surface area is 103 Å². The summed E-state index contributed by atoms with van der Waals surface area (Å²) in [5, 5.41) is 3.41. The lowest BCUT2D eigenvalue weighted by atomic mass is 10.2. The van der Waals surface area contributed by atoms with Crippen LogP contribution in [-0.4, -0.2) is 35.6 Å². The van der Waals surface area contributed by atoms with Crippen molar-refractivity contribution in [3.63, 3.8) is 0 Å². The molecule has 0 aromatic carbocycles. The highest BCUT2D eigenvalue weighted by Gasteiger charge is 2.18. The van der Waals surface area contributed by atoms with Gasteiger partial charge in [-0.05, 0) is 26.8 Å². The lowest BCUT2D eigenvalue weighted by Gasteiger charge is -2.32. The minimum absolute atomic E-state index is 0. The number of anilines is 1. The highest BCUT2D eigenvalue weighted by atomic mass is 35.5. The van der Waals surface area contributed by atoms with Crippen molar-refractivity contribution in [2.24, 2.45) is 0 Å². The summed E-state index contributed by atoms with van der Waals surface area (Å²) in [5.41, 5.74) is 2.09. The molecule has 1 aliphatic rings. The smallest absolute Gasteiger partial charge is 0.225 e. The van der Waals surface area contributed by atoms with E-state index in [0.717, 1.165) is 37.0 Å². The molecule has 1 aromatic rings. The monoisotopic (exact) mass is 242 g/mol. The van der Waals surface area contributed by atoms with Crippen LogP contribution in [0.5, 0.6) is 0 Å². The molecule has 0 aliphatic carbocycles. The van der Waals surface area contributed by atoms with Gasteiger partial charge in [0.15, 0.2) is 0 Å². The van der Waals surface area contributed by atoms with E-state index < -0.39 is 0 Å². The zero-order chi connectivity index (χ0) is 10.8. The van der Waals surface area contributed by atoms with Crippen molar-refractivity contribution in [2.75, 3.05) is 24.5 Å². The molecule has 90 valence electrons. The first-order valence-electron chi connectivity index (χ1n) is 5.46. The van der Waals surface area contributed by atoms with E-state index in [1.54, 1.807) is 0 Å². The maximum atomic E-state index is 4.48. The summed E-state index contributed by atoms with van der Waals surface area (Å²) in [7, 11) is 0. The maximum absolute atomic E-state index is 4.48. The molecule has 1 fully saturated rings. The number of aryl methyl sites for hydroxylation is 2. The number of halogens is 1. The highest BCUT2D eigenvalue weighted by molar-refractivity contribution is 5.85. The Hall–Kier alpha value is -0.870. The molecule has 1 aromatic heterocycles. The van der Waals surface area contributed by atoms with Crippen molar-refractivity contribution >= 4 is 18.4 Å². The van der Waals surface area contributed by atoms with Crippen LogP contribution in [0.2, 0.25) is 0 Å². The second-order valence-electron chi connectivity index (χ2n) is 4.25. The highest BCUT2D eigenvalue weighted by Crippen LogP contribution is 2.11. The predicted octanol–water partition coefficient (Wildman–Crippen LogP) is 1.31. The Balaban J connectivity index is 0.00000128. The maximum Gasteiger partial charge on any atom is 0.225 e. The number of piperazine rings is 1. The summed E-state index contributed by atoms with van der Waals surface area (Å²) in [6.07, 6.45) is 0. The van der Waals surface area contributed by atoms with Crippen molar-refractivity contribution < 1.29 is 0 Å². The van der Waals surface area contributed by atoms with Gasteiger partial charge in [-0.15, -0.1) is 12.4 Å². The molecule has 1 aliphatic heterocycles. The fraction of sp³-hybridized carbons (Fsp3) is 0.636. The molecule has 0 saturated carbocycles. The molecule has 5 heteroatoms. The first-order chi connectivity index (χ1) is 7.15. The average molecular weight is 243 g/mol. The van der Waals surface area contributed by atoms with Crippen LogP contribution in [0.3, 0.4) is 0 Å². The quantitative estimate of drug-likeness (QED) is 0.807. The van der Waals surface area contributed by atoms with Gasteiger partial charge in [-0.3, -0.25) is 0 Å². The van der Waals surface area contributed by atoms with Crippen molar-refractivity contribution in [3.8, 4) is 0 Å². The van der Waals surface area contributed by atoms with Gasteiger partial charge in [0.25, 0.3) is 0 Å². The Morgan fingerprint density at radius 2 is 1.94 bits per heavy atom. The van der Waals surface area contributed by atoms with E-state index in [1.807, 2.05) is 19.9 Å². The van der Waals surface area contributed by atoms with Crippen molar-refractivity contribution in [2.45, 2.75) is 26.8 Å². The topological polar surface area (TPSA) is 41.1 Å². The van der Waals surface area contributed by atoms with Crippen LogP contribution in [0.25, 0.3) is 0 Å². The molecule has 0 spiro atoms. The zero-order valence-electron chi connectivity index (χ0n) is 10.0. The number of rotatable bonds is 1. The van der Waals surface area contributed by atoms with E-state index in [1.165, 1.54) is 0 Å². The summed E-state index contributed by atoms with van der Waals surface area (Å²) in [6.45, 7) is 9.22. The van der Waals surface area contributed by atoms with Gasteiger partial charge in [0, 0.05) is 37.1 Å². The van der Waals surface area contributed by atoms with Gasteiger partial charge >= 0.3 is 0 Å². The first-order valence-corrected chi connectivity index (χ1v) is 5.46. The lowest BCUT2D eigenvalue weighted by Crippen LogP contribution is -2.49. The third-order valence-electron chi connectivity index (χ3n) is 2.62. The van der Waals surface area contributed by atoms with Crippen LogP contribution in [0.1, 0.15) is 18.3 Å². The minimum atomic E-state index is 0. The van der Waals surface area contributed by atoms with Crippen LogP contribution in [-0.2, 0) is 0 Å². The molecule has 1 saturated heterocycles. The zero-order valence-corrected chi connectivity index (χ0v) is 10.8. The van der Waals surface area contributed by atoms with Gasteiger partial charge in [-0.25, -0.2) is 9.97 Å². The molecule has 4 nitrogen and oxygen atoms in total. The SMILES string of the molecule is Cc1cc(C)nc(N2CCNC(C)C2)n1.Cl. The molecule has 0 radical (unpaired) electrons. The molecule has 1 N–H and O–H groups in total. The van der Waals surface area contributed by atoms with Crippen molar-refractivity contribution in [1.29, 1.82) is 0 Å². The molecule has 0 bridgehead atoms. The molecular formula is C11H19ClN4. The van der Waals surface area contributed by atoms with Gasteiger partial charge in [0.2, 0.25) is 5.95 Å². The van der Waals surface area contributed by atoms with E-state index in [-0.39, 0.29) is 12.4 Å². The van der Waals surface area contributed by atoms with Gasteiger partial charge in [0.05, 0.1) is 0 Å². The van der Waals surface area contributed by atoms with Crippen LogP contribution in [0, 0.1) is 13.8 Å². The van der Waals surface area contributed by atoms with Crippen LogP contribution in [0.4, 0.5) is 5.95 Å². The molecule has 16 heavy (non-hydrogen) atoms. The van der Waals surface area contributed by atoms with Crippen molar-refractivity contribution in [1.82, 2.24) is 15.3 Å². The van der Waals surface area contributed by atoms with Gasteiger partial charge < -0.3 is 10.2 Å². The van der Waals surface area contributed by atoms with E-state index in [9.17, 15) is 0 Å². The molecular weight excluding hydrogens is 224 g/mol. The first kappa shape index (κ1) is 13.2. The van der Waals surface area contributed by atoms with Crippen LogP contribution >= 0.6 is 12.4 Å². The summed E-state index contributed by atoms with van der Waals surface area (Å²) >= 11 is 0.